The number of hydrogen-bond acceptors (Lipinski definition) is 2. The standard InChI is InChI=1S/C12H15ClN2/c13-11-2-1-3-12-10(11)6-8-4-5-9(7-14)15(8)12/h1-3,8-9H,4-7,14H2. The molecular formula is C12H15ClN2. The maximum absolute atomic E-state index is 6.21. The molecule has 2 unspecified atom stereocenters. The molecule has 2 atom stereocenters. The second-order valence-electron chi connectivity index (χ2n) is 4.47. The molecule has 80 valence electrons. The number of nitrogens with zero attached hydrogens (tertiary/aromatic N) is 1. The summed E-state index contributed by atoms with van der Waals surface area (Å²) in [7, 11) is 0. The zero-order valence-electron chi connectivity index (χ0n) is 8.62. The van der Waals surface area contributed by atoms with Gasteiger partial charge < -0.3 is 10.6 Å². The monoisotopic (exact) mass is 222 g/mol. The fraction of sp³-hybridized carbons (Fsp3) is 0.500. The molecule has 0 aliphatic carbocycles. The summed E-state index contributed by atoms with van der Waals surface area (Å²) in [5.41, 5.74) is 8.45. The molecular weight excluding hydrogens is 208 g/mol. The number of halogens is 1. The Morgan fingerprint density at radius 1 is 1.40 bits per heavy atom. The van der Waals surface area contributed by atoms with Gasteiger partial charge in [-0.3, -0.25) is 0 Å². The van der Waals surface area contributed by atoms with Crippen molar-refractivity contribution in [2.24, 2.45) is 5.73 Å². The maximum atomic E-state index is 6.21. The lowest BCUT2D eigenvalue weighted by Gasteiger charge is -2.26. The van der Waals surface area contributed by atoms with Gasteiger partial charge in [0.25, 0.3) is 0 Å². The highest BCUT2D eigenvalue weighted by Crippen LogP contribution is 2.43. The highest BCUT2D eigenvalue weighted by atomic mass is 35.5. The Kier molecular flexibility index (Phi) is 2.15. The summed E-state index contributed by atoms with van der Waals surface area (Å²) in [6.07, 6.45) is 3.59. The largest absolute Gasteiger partial charge is 0.364 e. The first kappa shape index (κ1) is 9.49. The normalized spacial score (nSPS) is 28.0. The molecule has 15 heavy (non-hydrogen) atoms. The van der Waals surface area contributed by atoms with E-state index in [-0.39, 0.29) is 0 Å². The summed E-state index contributed by atoms with van der Waals surface area (Å²) in [6.45, 7) is 0.752. The zero-order chi connectivity index (χ0) is 10.4. The first-order valence-corrected chi connectivity index (χ1v) is 5.95. The second kappa shape index (κ2) is 3.39. The molecule has 0 spiro atoms. The van der Waals surface area contributed by atoms with Crippen LogP contribution in [0.4, 0.5) is 5.69 Å². The van der Waals surface area contributed by atoms with Gasteiger partial charge in [0.1, 0.15) is 0 Å². The first-order chi connectivity index (χ1) is 7.31. The van der Waals surface area contributed by atoms with Gasteiger partial charge in [0.15, 0.2) is 0 Å². The second-order valence-corrected chi connectivity index (χ2v) is 4.88. The van der Waals surface area contributed by atoms with E-state index in [1.807, 2.05) is 12.1 Å². The minimum absolute atomic E-state index is 0.523. The van der Waals surface area contributed by atoms with Gasteiger partial charge in [-0.2, -0.15) is 0 Å². The van der Waals surface area contributed by atoms with Crippen molar-refractivity contribution in [2.45, 2.75) is 31.3 Å². The van der Waals surface area contributed by atoms with Gasteiger partial charge in [-0.25, -0.2) is 0 Å². The molecule has 1 aromatic rings. The average Bonchev–Trinajstić information content (AvgIpc) is 2.77. The van der Waals surface area contributed by atoms with Crippen LogP contribution < -0.4 is 10.6 Å². The quantitative estimate of drug-likeness (QED) is 0.790. The predicted octanol–water partition coefficient (Wildman–Crippen LogP) is 2.19. The lowest BCUT2D eigenvalue weighted by molar-refractivity contribution is 0.659. The molecule has 0 radical (unpaired) electrons. The summed E-state index contributed by atoms with van der Waals surface area (Å²) >= 11 is 6.21. The summed E-state index contributed by atoms with van der Waals surface area (Å²) < 4.78 is 0. The molecule has 0 amide bonds. The molecule has 3 heteroatoms. The van der Waals surface area contributed by atoms with Crippen LogP contribution in [0.1, 0.15) is 18.4 Å². The van der Waals surface area contributed by atoms with E-state index in [9.17, 15) is 0 Å². The van der Waals surface area contributed by atoms with Crippen LogP contribution in [0.5, 0.6) is 0 Å². The fourth-order valence-corrected chi connectivity index (χ4v) is 3.26. The van der Waals surface area contributed by atoms with Crippen molar-refractivity contribution in [3.8, 4) is 0 Å². The van der Waals surface area contributed by atoms with Crippen LogP contribution in [0.15, 0.2) is 18.2 Å². The van der Waals surface area contributed by atoms with E-state index in [1.165, 1.54) is 24.1 Å². The van der Waals surface area contributed by atoms with Gasteiger partial charge in [0.05, 0.1) is 0 Å². The van der Waals surface area contributed by atoms with Gasteiger partial charge in [0, 0.05) is 29.3 Å². The van der Waals surface area contributed by atoms with E-state index in [2.05, 4.69) is 11.0 Å². The molecule has 2 aliphatic heterocycles. The smallest absolute Gasteiger partial charge is 0.0459 e. The molecule has 0 bridgehead atoms. The number of hydrogen-bond donors (Lipinski definition) is 1. The summed E-state index contributed by atoms with van der Waals surface area (Å²) in [5.74, 6) is 0. The molecule has 2 aliphatic rings. The molecule has 0 aromatic heterocycles. The van der Waals surface area contributed by atoms with Crippen molar-refractivity contribution >= 4 is 17.3 Å². The Morgan fingerprint density at radius 2 is 2.27 bits per heavy atom. The molecule has 2 heterocycles. The summed E-state index contributed by atoms with van der Waals surface area (Å²) in [5, 5.41) is 0.915. The van der Waals surface area contributed by atoms with Crippen molar-refractivity contribution in [3.05, 3.63) is 28.8 Å². The topological polar surface area (TPSA) is 29.3 Å². The van der Waals surface area contributed by atoms with Gasteiger partial charge in [-0.05, 0) is 37.0 Å². The van der Waals surface area contributed by atoms with Crippen LogP contribution in [0.25, 0.3) is 0 Å². The van der Waals surface area contributed by atoms with Crippen LogP contribution in [-0.4, -0.2) is 18.6 Å². The van der Waals surface area contributed by atoms with Crippen LogP contribution >= 0.6 is 11.6 Å². The molecule has 1 aromatic carbocycles. The SMILES string of the molecule is NCC1CCC2Cc3c(Cl)cccc3N12. The number of rotatable bonds is 1. The van der Waals surface area contributed by atoms with Crippen molar-refractivity contribution < 1.29 is 0 Å². The maximum Gasteiger partial charge on any atom is 0.0459 e. The van der Waals surface area contributed by atoms with E-state index in [0.29, 0.717) is 12.1 Å². The fourth-order valence-electron chi connectivity index (χ4n) is 3.01. The molecule has 2 nitrogen and oxygen atoms in total. The lowest BCUT2D eigenvalue weighted by Crippen LogP contribution is -2.37. The lowest BCUT2D eigenvalue weighted by atomic mass is 10.1. The summed E-state index contributed by atoms with van der Waals surface area (Å²) in [6, 6.07) is 7.37. The van der Waals surface area contributed by atoms with Crippen molar-refractivity contribution in [1.29, 1.82) is 0 Å². The highest BCUT2D eigenvalue weighted by molar-refractivity contribution is 6.31. The summed E-state index contributed by atoms with van der Waals surface area (Å²) in [4.78, 5) is 2.49. The minimum atomic E-state index is 0.523. The van der Waals surface area contributed by atoms with Crippen LogP contribution in [0.2, 0.25) is 5.02 Å². The van der Waals surface area contributed by atoms with E-state index in [4.69, 9.17) is 17.3 Å². The van der Waals surface area contributed by atoms with Gasteiger partial charge in [-0.1, -0.05) is 17.7 Å². The number of fused-ring (bicyclic) bond motifs is 3. The van der Waals surface area contributed by atoms with Crippen molar-refractivity contribution in [3.63, 3.8) is 0 Å². The van der Waals surface area contributed by atoms with Gasteiger partial charge in [-0.15, -0.1) is 0 Å². The van der Waals surface area contributed by atoms with Gasteiger partial charge >= 0.3 is 0 Å². The van der Waals surface area contributed by atoms with Gasteiger partial charge in [0.2, 0.25) is 0 Å². The van der Waals surface area contributed by atoms with E-state index in [1.54, 1.807) is 0 Å². The van der Waals surface area contributed by atoms with Crippen molar-refractivity contribution in [1.82, 2.24) is 0 Å². The third-order valence-corrected chi connectivity index (χ3v) is 4.06. The average molecular weight is 223 g/mol. The highest BCUT2D eigenvalue weighted by Gasteiger charge is 2.39. The Morgan fingerprint density at radius 3 is 3.07 bits per heavy atom. The Labute approximate surface area is 95.0 Å². The van der Waals surface area contributed by atoms with Crippen LogP contribution in [0, 0.1) is 0 Å². The first-order valence-electron chi connectivity index (χ1n) is 5.57. The Hall–Kier alpha value is -0.730. The van der Waals surface area contributed by atoms with E-state index < -0.39 is 0 Å². The number of anilines is 1. The Bertz CT molecular complexity index is 391. The number of nitrogens with two attached hydrogens (primary N) is 1. The van der Waals surface area contributed by atoms with Crippen LogP contribution in [-0.2, 0) is 6.42 Å². The number of benzene rings is 1. The molecule has 1 fully saturated rings. The Balaban J connectivity index is 2.05. The van der Waals surface area contributed by atoms with Crippen molar-refractivity contribution in [2.75, 3.05) is 11.4 Å². The molecule has 1 saturated heterocycles. The third kappa shape index (κ3) is 1.28. The molecule has 2 N–H and O–H groups in total. The van der Waals surface area contributed by atoms with E-state index >= 15 is 0 Å². The minimum Gasteiger partial charge on any atom is -0.364 e. The van der Waals surface area contributed by atoms with E-state index in [0.717, 1.165) is 18.0 Å². The molecule has 0 saturated carbocycles. The third-order valence-electron chi connectivity index (χ3n) is 3.70. The zero-order valence-corrected chi connectivity index (χ0v) is 9.37. The predicted molar refractivity (Wildman–Crippen MR) is 63.5 cm³/mol. The van der Waals surface area contributed by atoms with Crippen LogP contribution in [0.3, 0.4) is 0 Å². The molecule has 3 rings (SSSR count).